The van der Waals surface area contributed by atoms with Crippen LogP contribution >= 0.6 is 0 Å². The molecule has 1 saturated heterocycles. The topological polar surface area (TPSA) is 78.6 Å². The molecule has 8 heteroatoms. The molecule has 1 aromatic heterocycles. The summed E-state index contributed by atoms with van der Waals surface area (Å²) in [6.07, 6.45) is 3.39. The van der Waals surface area contributed by atoms with Gasteiger partial charge in [-0.1, -0.05) is 18.2 Å². The van der Waals surface area contributed by atoms with Crippen molar-refractivity contribution >= 4 is 21.7 Å². The second kappa shape index (κ2) is 7.98. The largest absolute Gasteiger partial charge is 0.335 e. The summed E-state index contributed by atoms with van der Waals surface area (Å²) < 4.78 is 28.4. The van der Waals surface area contributed by atoms with Crippen LogP contribution in [0.3, 0.4) is 0 Å². The molecule has 0 saturated carbocycles. The SMILES string of the molecule is CC(=O)c1ccc[n+](CC(=O)N2CCN(S(=O)(=O)c3ccccc3)CC2)c1. The Morgan fingerprint density at radius 3 is 2.30 bits per heavy atom. The molecule has 2 heterocycles. The Labute approximate surface area is 158 Å². The second-order valence-electron chi connectivity index (χ2n) is 6.42. The molecule has 142 valence electrons. The van der Waals surface area contributed by atoms with Crippen LogP contribution < -0.4 is 4.57 Å². The van der Waals surface area contributed by atoms with Crippen LogP contribution in [0, 0.1) is 0 Å². The van der Waals surface area contributed by atoms with E-state index in [0.29, 0.717) is 18.7 Å². The van der Waals surface area contributed by atoms with Gasteiger partial charge in [0.05, 0.1) is 10.5 Å². The zero-order chi connectivity index (χ0) is 19.4. The van der Waals surface area contributed by atoms with Crippen molar-refractivity contribution in [1.29, 1.82) is 0 Å². The number of carbonyl (C=O) groups is 2. The first-order valence-corrected chi connectivity index (χ1v) is 10.1. The van der Waals surface area contributed by atoms with Crippen molar-refractivity contribution in [3.05, 3.63) is 60.4 Å². The lowest BCUT2D eigenvalue weighted by molar-refractivity contribution is -0.685. The third-order valence-corrected chi connectivity index (χ3v) is 6.47. The van der Waals surface area contributed by atoms with Crippen molar-refractivity contribution in [1.82, 2.24) is 9.21 Å². The standard InChI is InChI=1S/C19H22N3O4S/c1-16(23)17-6-5-9-20(14-17)15-19(24)21-10-12-22(13-11-21)27(25,26)18-7-3-2-4-8-18/h2-9,14H,10-13,15H2,1H3/q+1. The van der Waals surface area contributed by atoms with Gasteiger partial charge in [-0.25, -0.2) is 8.42 Å². The molecule has 0 radical (unpaired) electrons. The lowest BCUT2D eigenvalue weighted by Crippen LogP contribution is -2.53. The van der Waals surface area contributed by atoms with Crippen LogP contribution in [-0.4, -0.2) is 55.5 Å². The number of rotatable bonds is 5. The van der Waals surface area contributed by atoms with Crippen molar-refractivity contribution in [2.45, 2.75) is 18.4 Å². The number of Topliss-reactive ketones (excluding diaryl/α,β-unsaturated/α-hetero) is 1. The van der Waals surface area contributed by atoms with Crippen LogP contribution in [0.25, 0.3) is 0 Å². The van der Waals surface area contributed by atoms with E-state index in [1.807, 2.05) is 0 Å². The number of pyridine rings is 1. The Kier molecular flexibility index (Phi) is 5.67. The third kappa shape index (κ3) is 4.40. The Hall–Kier alpha value is -2.58. The normalized spacial score (nSPS) is 15.5. The van der Waals surface area contributed by atoms with Gasteiger partial charge in [-0.3, -0.25) is 9.59 Å². The first kappa shape index (κ1) is 19.2. The fourth-order valence-electron chi connectivity index (χ4n) is 3.00. The molecule has 7 nitrogen and oxygen atoms in total. The molecular weight excluding hydrogens is 366 g/mol. The summed E-state index contributed by atoms with van der Waals surface area (Å²) in [5.74, 6) is -0.158. The molecule has 0 unspecified atom stereocenters. The van der Waals surface area contributed by atoms with Gasteiger partial charge in [0, 0.05) is 32.2 Å². The van der Waals surface area contributed by atoms with E-state index in [4.69, 9.17) is 0 Å². The first-order chi connectivity index (χ1) is 12.9. The van der Waals surface area contributed by atoms with E-state index in [9.17, 15) is 18.0 Å². The van der Waals surface area contributed by atoms with Gasteiger partial charge in [0.1, 0.15) is 0 Å². The maximum atomic E-state index is 12.6. The molecule has 2 aromatic rings. The lowest BCUT2D eigenvalue weighted by atomic mass is 10.2. The summed E-state index contributed by atoms with van der Waals surface area (Å²) >= 11 is 0. The van der Waals surface area contributed by atoms with Crippen molar-refractivity contribution < 1.29 is 22.6 Å². The van der Waals surface area contributed by atoms with Crippen LogP contribution in [0.1, 0.15) is 17.3 Å². The molecule has 27 heavy (non-hydrogen) atoms. The highest BCUT2D eigenvalue weighted by molar-refractivity contribution is 7.89. The molecule has 1 aliphatic rings. The fourth-order valence-corrected chi connectivity index (χ4v) is 4.45. The Bertz CT molecular complexity index is 936. The van der Waals surface area contributed by atoms with E-state index in [2.05, 4.69) is 0 Å². The minimum absolute atomic E-state index is 0.0588. The van der Waals surface area contributed by atoms with E-state index in [0.717, 1.165) is 0 Å². The Balaban J connectivity index is 1.61. The number of piperazine rings is 1. The maximum absolute atomic E-state index is 12.6. The smallest absolute Gasteiger partial charge is 0.288 e. The van der Waals surface area contributed by atoms with E-state index in [1.165, 1.54) is 11.2 Å². The highest BCUT2D eigenvalue weighted by atomic mass is 32.2. The molecule has 3 rings (SSSR count). The summed E-state index contributed by atoms with van der Waals surface area (Å²) in [4.78, 5) is 25.9. The van der Waals surface area contributed by atoms with E-state index in [1.54, 1.807) is 64.3 Å². The summed E-state index contributed by atoms with van der Waals surface area (Å²) in [5.41, 5.74) is 0.545. The second-order valence-corrected chi connectivity index (χ2v) is 8.36. The van der Waals surface area contributed by atoms with Crippen molar-refractivity contribution in [3.63, 3.8) is 0 Å². The van der Waals surface area contributed by atoms with Crippen molar-refractivity contribution in [3.8, 4) is 0 Å². The lowest BCUT2D eigenvalue weighted by Gasteiger charge is -2.33. The monoisotopic (exact) mass is 388 g/mol. The molecule has 1 aromatic carbocycles. The zero-order valence-corrected chi connectivity index (χ0v) is 15.9. The number of carbonyl (C=O) groups excluding carboxylic acids is 2. The molecule has 1 aliphatic heterocycles. The summed E-state index contributed by atoms with van der Waals surface area (Å²) in [5, 5.41) is 0. The predicted molar refractivity (Wildman–Crippen MR) is 98.4 cm³/mol. The quantitative estimate of drug-likeness (QED) is 0.558. The molecule has 1 fully saturated rings. The Morgan fingerprint density at radius 1 is 1.00 bits per heavy atom. The van der Waals surface area contributed by atoms with Gasteiger partial charge < -0.3 is 4.90 Å². The van der Waals surface area contributed by atoms with Crippen LogP contribution in [0.5, 0.6) is 0 Å². The highest BCUT2D eigenvalue weighted by Crippen LogP contribution is 2.17. The predicted octanol–water partition coefficient (Wildman–Crippen LogP) is 0.710. The van der Waals surface area contributed by atoms with Gasteiger partial charge in [0.25, 0.3) is 5.91 Å². The fraction of sp³-hybridized carbons (Fsp3) is 0.316. The number of hydrogen-bond acceptors (Lipinski definition) is 4. The van der Waals surface area contributed by atoms with Gasteiger partial charge in [-0.15, -0.1) is 0 Å². The highest BCUT2D eigenvalue weighted by Gasteiger charge is 2.30. The number of sulfonamides is 1. The minimum atomic E-state index is -3.53. The first-order valence-electron chi connectivity index (χ1n) is 8.71. The van der Waals surface area contributed by atoms with Gasteiger partial charge in [0.15, 0.2) is 18.2 Å². The van der Waals surface area contributed by atoms with E-state index >= 15 is 0 Å². The van der Waals surface area contributed by atoms with Crippen LogP contribution in [-0.2, 0) is 21.4 Å². The molecule has 0 N–H and O–H groups in total. The van der Waals surface area contributed by atoms with Crippen LogP contribution in [0.2, 0.25) is 0 Å². The van der Waals surface area contributed by atoms with Crippen molar-refractivity contribution in [2.75, 3.05) is 26.2 Å². The zero-order valence-electron chi connectivity index (χ0n) is 15.1. The maximum Gasteiger partial charge on any atom is 0.288 e. The number of hydrogen-bond donors (Lipinski definition) is 0. The molecular formula is C19H22N3O4S+. The average molecular weight is 388 g/mol. The Morgan fingerprint density at radius 2 is 1.67 bits per heavy atom. The van der Waals surface area contributed by atoms with Gasteiger partial charge in [-0.05, 0) is 25.1 Å². The van der Waals surface area contributed by atoms with Crippen LogP contribution in [0.15, 0.2) is 59.8 Å². The van der Waals surface area contributed by atoms with E-state index in [-0.39, 0.29) is 36.2 Å². The summed E-state index contributed by atoms with van der Waals surface area (Å²) in [6.45, 7) is 2.82. The van der Waals surface area contributed by atoms with Gasteiger partial charge in [-0.2, -0.15) is 8.87 Å². The van der Waals surface area contributed by atoms with E-state index < -0.39 is 10.0 Å². The molecule has 0 atom stereocenters. The molecule has 1 amide bonds. The number of benzene rings is 1. The number of nitrogens with zero attached hydrogens (tertiary/aromatic N) is 3. The number of aromatic nitrogens is 1. The van der Waals surface area contributed by atoms with Crippen LogP contribution in [0.4, 0.5) is 0 Å². The molecule has 0 aliphatic carbocycles. The number of amides is 1. The third-order valence-electron chi connectivity index (χ3n) is 4.55. The molecule has 0 bridgehead atoms. The molecule has 0 spiro atoms. The van der Waals surface area contributed by atoms with Crippen molar-refractivity contribution in [2.24, 2.45) is 0 Å². The summed E-state index contributed by atoms with van der Waals surface area (Å²) in [6, 6.07) is 11.7. The average Bonchev–Trinajstić information content (AvgIpc) is 2.69. The minimum Gasteiger partial charge on any atom is -0.335 e. The van der Waals surface area contributed by atoms with Gasteiger partial charge in [0.2, 0.25) is 16.6 Å². The van der Waals surface area contributed by atoms with Gasteiger partial charge >= 0.3 is 0 Å². The number of ketones is 1. The summed E-state index contributed by atoms with van der Waals surface area (Å²) in [7, 11) is -3.53.